The number of hydrogen-bond donors (Lipinski definition) is 2. The lowest BCUT2D eigenvalue weighted by molar-refractivity contribution is -0.119. The summed E-state index contributed by atoms with van der Waals surface area (Å²) in [7, 11) is 1.27. The van der Waals surface area contributed by atoms with Crippen molar-refractivity contribution in [2.45, 2.75) is 37.5 Å². The van der Waals surface area contributed by atoms with Crippen LogP contribution in [0.5, 0.6) is 0 Å². The number of rotatable bonds is 4. The number of pyridine rings is 2. The second-order valence-corrected chi connectivity index (χ2v) is 9.66. The van der Waals surface area contributed by atoms with Crippen LogP contribution in [0.4, 0.5) is 33.9 Å². The highest BCUT2D eigenvalue weighted by molar-refractivity contribution is 6.33. The van der Waals surface area contributed by atoms with Gasteiger partial charge in [-0.1, -0.05) is 11.6 Å². The average molecular weight is 536 g/mol. The van der Waals surface area contributed by atoms with Gasteiger partial charge in [0.15, 0.2) is 0 Å². The second-order valence-electron chi connectivity index (χ2n) is 9.25. The van der Waals surface area contributed by atoms with E-state index in [1.807, 2.05) is 0 Å². The summed E-state index contributed by atoms with van der Waals surface area (Å²) in [5.41, 5.74) is 2.21. The van der Waals surface area contributed by atoms with Gasteiger partial charge in [0.2, 0.25) is 5.56 Å². The molecule has 5 rings (SSSR count). The molecule has 1 fully saturated rings. The lowest BCUT2D eigenvalue weighted by Gasteiger charge is -2.36. The monoisotopic (exact) mass is 535 g/mol. The van der Waals surface area contributed by atoms with Crippen LogP contribution in [0.1, 0.15) is 30.0 Å². The van der Waals surface area contributed by atoms with Crippen molar-refractivity contribution in [2.75, 3.05) is 23.8 Å². The Balaban J connectivity index is 1.33. The van der Waals surface area contributed by atoms with Crippen LogP contribution in [0.15, 0.2) is 47.5 Å². The molecular formula is C25H22ClF4N5O2. The third kappa shape index (κ3) is 5.00. The molecule has 0 saturated carbocycles. The van der Waals surface area contributed by atoms with Crippen LogP contribution in [0.3, 0.4) is 0 Å². The minimum atomic E-state index is -4.38. The molecule has 0 spiro atoms. The fraction of sp³-hybridized carbons (Fsp3) is 0.320. The topological polar surface area (TPSA) is 81.3 Å². The Kier molecular flexibility index (Phi) is 6.35. The second kappa shape index (κ2) is 9.37. The van der Waals surface area contributed by atoms with Crippen molar-refractivity contribution in [2.24, 2.45) is 0 Å². The molecular weight excluding hydrogens is 514 g/mol. The minimum absolute atomic E-state index is 0.0973. The average Bonchev–Trinajstić information content (AvgIpc) is 3.15. The molecule has 3 aromatic rings. The Bertz CT molecular complexity index is 1410. The Morgan fingerprint density at radius 3 is 2.76 bits per heavy atom. The van der Waals surface area contributed by atoms with E-state index in [1.54, 1.807) is 17.2 Å². The number of benzene rings is 1. The molecule has 2 amide bonds. The molecule has 0 radical (unpaired) electrons. The largest absolute Gasteiger partial charge is 0.405 e. The van der Waals surface area contributed by atoms with Crippen LogP contribution in [0, 0.1) is 5.82 Å². The van der Waals surface area contributed by atoms with Gasteiger partial charge in [0.05, 0.1) is 16.8 Å². The fourth-order valence-corrected chi connectivity index (χ4v) is 5.40. The van der Waals surface area contributed by atoms with Crippen molar-refractivity contribution in [3.63, 3.8) is 0 Å². The Morgan fingerprint density at radius 2 is 2.05 bits per heavy atom. The van der Waals surface area contributed by atoms with Crippen molar-refractivity contribution in [1.29, 1.82) is 0 Å². The molecule has 0 unspecified atom stereocenters. The van der Waals surface area contributed by atoms with Crippen molar-refractivity contribution in [3.8, 4) is 11.1 Å². The lowest BCUT2D eigenvalue weighted by atomic mass is 9.95. The third-order valence-electron chi connectivity index (χ3n) is 6.76. The predicted octanol–water partition coefficient (Wildman–Crippen LogP) is 5.52. The summed E-state index contributed by atoms with van der Waals surface area (Å²) >= 11 is 6.39. The van der Waals surface area contributed by atoms with Gasteiger partial charge in [-0.05, 0) is 54.7 Å². The van der Waals surface area contributed by atoms with Crippen molar-refractivity contribution < 1.29 is 22.4 Å². The molecule has 37 heavy (non-hydrogen) atoms. The summed E-state index contributed by atoms with van der Waals surface area (Å²) in [5.74, 6) is -0.622. The minimum Gasteiger partial charge on any atom is -0.351 e. The molecule has 2 aliphatic heterocycles. The van der Waals surface area contributed by atoms with Crippen LogP contribution >= 0.6 is 11.6 Å². The van der Waals surface area contributed by atoms with E-state index < -0.39 is 24.6 Å². The fourth-order valence-electron chi connectivity index (χ4n) is 5.13. The highest BCUT2D eigenvalue weighted by Crippen LogP contribution is 2.43. The number of nitrogens with zero attached hydrogens (tertiary/aromatic N) is 3. The van der Waals surface area contributed by atoms with Crippen molar-refractivity contribution in [3.05, 3.63) is 75.0 Å². The number of urea groups is 1. The summed E-state index contributed by atoms with van der Waals surface area (Å²) in [6.07, 6.45) is 0.625. The van der Waals surface area contributed by atoms with E-state index >= 15 is 4.39 Å². The molecule has 2 atom stereocenters. The number of halogens is 5. The summed E-state index contributed by atoms with van der Waals surface area (Å²) in [5, 5.41) is 2.75. The highest BCUT2D eigenvalue weighted by Gasteiger charge is 2.43. The van der Waals surface area contributed by atoms with Gasteiger partial charge < -0.3 is 20.1 Å². The number of anilines is 2. The van der Waals surface area contributed by atoms with Gasteiger partial charge in [-0.25, -0.2) is 14.2 Å². The van der Waals surface area contributed by atoms with E-state index in [2.05, 4.69) is 15.3 Å². The molecule has 194 valence electrons. The zero-order valence-corrected chi connectivity index (χ0v) is 20.3. The number of carbonyl (C=O) groups is 1. The molecule has 7 nitrogen and oxygen atoms in total. The van der Waals surface area contributed by atoms with Crippen LogP contribution in [0.25, 0.3) is 11.1 Å². The van der Waals surface area contributed by atoms with Crippen LogP contribution in [-0.2, 0) is 6.42 Å². The molecule has 2 bridgehead atoms. The number of alkyl halides is 3. The van der Waals surface area contributed by atoms with Gasteiger partial charge in [0.1, 0.15) is 18.2 Å². The summed E-state index contributed by atoms with van der Waals surface area (Å²) in [6.45, 7) is -1.16. The molecule has 1 saturated heterocycles. The Morgan fingerprint density at radius 1 is 1.27 bits per heavy atom. The maximum Gasteiger partial charge on any atom is 0.405 e. The number of aromatic amines is 1. The standard InChI is InChI=1S/C25H22ClF4N5O2/c1-34(12-25(28,29)30)22-5-2-13(10-31-22)16-8-19(27)20(9-18(16)26)33-24(37)35-15-3-4-21(35)17-11-32-23(36)7-14(17)6-15/h2,5,7-11,15,21H,3-4,6,12H2,1H3,(H,32,36)(H,33,37)/t15-,21+/m0/s1. The Hall–Kier alpha value is -3.60. The first-order valence-corrected chi connectivity index (χ1v) is 11.9. The number of carbonyl (C=O) groups excluding carboxylic acids is 1. The quantitative estimate of drug-likeness (QED) is 0.431. The van der Waals surface area contributed by atoms with Gasteiger partial charge in [-0.15, -0.1) is 0 Å². The number of amides is 2. The van der Waals surface area contributed by atoms with Crippen LogP contribution < -0.4 is 15.8 Å². The van der Waals surface area contributed by atoms with Gasteiger partial charge in [0, 0.05) is 42.7 Å². The summed E-state index contributed by atoms with van der Waals surface area (Å²) in [4.78, 5) is 34.2. The zero-order valence-electron chi connectivity index (χ0n) is 19.6. The van der Waals surface area contributed by atoms with Gasteiger partial charge in [0.25, 0.3) is 0 Å². The van der Waals surface area contributed by atoms with Crippen LogP contribution in [0.2, 0.25) is 5.02 Å². The smallest absolute Gasteiger partial charge is 0.351 e. The maximum absolute atomic E-state index is 15.0. The number of aromatic nitrogens is 2. The Labute approximate surface area is 214 Å². The number of H-pyrrole nitrogens is 1. The van der Waals surface area contributed by atoms with Gasteiger partial charge in [-0.2, -0.15) is 13.2 Å². The van der Waals surface area contributed by atoms with E-state index in [-0.39, 0.29) is 39.7 Å². The van der Waals surface area contributed by atoms with E-state index in [4.69, 9.17) is 11.6 Å². The number of hydrogen-bond acceptors (Lipinski definition) is 4. The van der Waals surface area contributed by atoms with E-state index in [0.717, 1.165) is 34.9 Å². The molecule has 2 aliphatic rings. The van der Waals surface area contributed by atoms with Crippen molar-refractivity contribution >= 4 is 29.1 Å². The maximum atomic E-state index is 15.0. The predicted molar refractivity (Wildman–Crippen MR) is 131 cm³/mol. The first kappa shape index (κ1) is 25.1. The summed E-state index contributed by atoms with van der Waals surface area (Å²) in [6, 6.07) is 6.11. The zero-order chi connectivity index (χ0) is 26.5. The molecule has 12 heteroatoms. The number of fused-ring (bicyclic) bond motifs is 4. The van der Waals surface area contributed by atoms with E-state index in [1.165, 1.54) is 31.4 Å². The molecule has 0 aliphatic carbocycles. The highest BCUT2D eigenvalue weighted by atomic mass is 35.5. The first-order chi connectivity index (χ1) is 17.5. The van der Waals surface area contributed by atoms with Crippen molar-refractivity contribution in [1.82, 2.24) is 14.9 Å². The molecule has 1 aromatic carbocycles. The summed E-state index contributed by atoms with van der Waals surface area (Å²) < 4.78 is 52.9. The van der Waals surface area contributed by atoms with Gasteiger partial charge >= 0.3 is 12.2 Å². The lowest BCUT2D eigenvalue weighted by Crippen LogP contribution is -2.44. The van der Waals surface area contributed by atoms with Gasteiger partial charge in [-0.3, -0.25) is 4.79 Å². The normalized spacial score (nSPS) is 18.5. The molecule has 2 N–H and O–H groups in total. The van der Waals surface area contributed by atoms with E-state index in [9.17, 15) is 22.8 Å². The number of nitrogens with one attached hydrogen (secondary N) is 2. The SMILES string of the molecule is CN(CC(F)(F)F)c1ccc(-c2cc(F)c(NC(=O)N3[C@H]4CC[C@@H]3c3c[nH]c(=O)cc3C4)cc2Cl)cn1. The molecule has 4 heterocycles. The molecule has 2 aromatic heterocycles. The van der Waals surface area contributed by atoms with Crippen LogP contribution in [-0.4, -0.2) is 46.7 Å². The van der Waals surface area contributed by atoms with E-state index in [0.29, 0.717) is 12.0 Å². The third-order valence-corrected chi connectivity index (χ3v) is 7.08. The first-order valence-electron chi connectivity index (χ1n) is 11.5.